The number of aliphatic hydroxyl groups is 1. The van der Waals surface area contributed by atoms with Crippen LogP contribution in [0.5, 0.6) is 0 Å². The normalized spacial score (nSPS) is 15.9. The maximum absolute atomic E-state index is 11.9. The molecule has 0 spiro atoms. The average molecular weight is 400 g/mol. The van der Waals surface area contributed by atoms with Crippen molar-refractivity contribution in [2.24, 2.45) is 0 Å². The molecule has 5 nitrogen and oxygen atoms in total. The van der Waals surface area contributed by atoms with Gasteiger partial charge < -0.3 is 14.6 Å². The molecule has 0 aliphatic carbocycles. The fourth-order valence-electron chi connectivity index (χ4n) is 4.06. The number of nitrogens with one attached hydrogen (secondary N) is 1. The molecule has 0 radical (unpaired) electrons. The van der Waals surface area contributed by atoms with Crippen LogP contribution in [0.25, 0.3) is 0 Å². The number of hydrogen-bond acceptors (Lipinski definition) is 4. The van der Waals surface area contributed by atoms with Gasteiger partial charge in [-0.15, -0.1) is 0 Å². The second kappa shape index (κ2) is 10.6. The van der Waals surface area contributed by atoms with Crippen LogP contribution in [-0.2, 0) is 10.1 Å². The largest absolute Gasteiger partial charge is 0.743 e. The molecule has 0 aromatic heterocycles. The van der Waals surface area contributed by atoms with Crippen LogP contribution in [0.3, 0.4) is 0 Å². The van der Waals surface area contributed by atoms with Gasteiger partial charge >= 0.3 is 0 Å². The average Bonchev–Trinajstić information content (AvgIpc) is 2.61. The van der Waals surface area contributed by atoms with Gasteiger partial charge in [-0.2, -0.15) is 0 Å². The van der Waals surface area contributed by atoms with E-state index >= 15 is 0 Å². The number of quaternary nitrogens is 1. The van der Waals surface area contributed by atoms with E-state index in [2.05, 4.69) is 19.9 Å². The van der Waals surface area contributed by atoms with Gasteiger partial charge in [-0.3, -0.25) is 0 Å². The van der Waals surface area contributed by atoms with Gasteiger partial charge in [0, 0.05) is 12.8 Å². The van der Waals surface area contributed by atoms with Crippen molar-refractivity contribution in [3.05, 3.63) is 35.4 Å². The first-order valence-electron chi connectivity index (χ1n) is 10.2. The highest BCUT2D eigenvalue weighted by Gasteiger charge is 2.42. The summed E-state index contributed by atoms with van der Waals surface area (Å²) in [5, 5.41) is 10.7. The first-order valence-corrected chi connectivity index (χ1v) is 11.6. The molecule has 2 atom stereocenters. The van der Waals surface area contributed by atoms with Crippen molar-refractivity contribution >= 4 is 10.1 Å². The summed E-state index contributed by atoms with van der Waals surface area (Å²) in [4.78, 5) is -0.814. The lowest BCUT2D eigenvalue weighted by atomic mass is 9.88. The van der Waals surface area contributed by atoms with Gasteiger partial charge in [0.15, 0.2) is 15.0 Å². The zero-order chi connectivity index (χ0) is 20.7. The molecule has 0 saturated heterocycles. The van der Waals surface area contributed by atoms with Gasteiger partial charge in [-0.1, -0.05) is 57.9 Å². The first-order chi connectivity index (χ1) is 12.6. The number of rotatable bonds is 12. The number of aliphatic hydroxyl groups excluding tert-OH is 1. The summed E-state index contributed by atoms with van der Waals surface area (Å²) in [7, 11) is -1.12. The minimum atomic E-state index is -4.49. The lowest BCUT2D eigenvalue weighted by Gasteiger charge is -2.38. The minimum Gasteiger partial charge on any atom is -0.743 e. The van der Waals surface area contributed by atoms with Crippen LogP contribution in [0.1, 0.15) is 88.9 Å². The molecule has 0 saturated carbocycles. The van der Waals surface area contributed by atoms with Crippen LogP contribution < -0.4 is 4.90 Å². The van der Waals surface area contributed by atoms with Gasteiger partial charge in [0.1, 0.15) is 0 Å². The van der Waals surface area contributed by atoms with Crippen molar-refractivity contribution in [1.82, 2.24) is 0 Å². The third kappa shape index (κ3) is 6.01. The molecule has 0 aliphatic rings. The van der Waals surface area contributed by atoms with Crippen LogP contribution in [0, 0.1) is 0 Å². The summed E-state index contributed by atoms with van der Waals surface area (Å²) in [6, 6.07) is 7.99. The van der Waals surface area contributed by atoms with Crippen molar-refractivity contribution in [3.8, 4) is 0 Å². The molecular weight excluding hydrogens is 362 g/mol. The van der Waals surface area contributed by atoms with Crippen LogP contribution >= 0.6 is 0 Å². The van der Waals surface area contributed by atoms with Gasteiger partial charge in [0.2, 0.25) is 0 Å². The molecular formula is C21H37NO4S. The Balaban J connectivity index is 3.00. The second-order valence-electron chi connectivity index (χ2n) is 7.80. The Hall–Kier alpha value is -0.950. The van der Waals surface area contributed by atoms with Crippen molar-refractivity contribution < 1.29 is 23.0 Å². The van der Waals surface area contributed by atoms with E-state index in [1.165, 1.54) is 5.56 Å². The highest BCUT2D eigenvalue weighted by Crippen LogP contribution is 2.31. The molecule has 0 fully saturated rings. The Morgan fingerprint density at radius 3 is 2.07 bits per heavy atom. The standard InChI is InChI=1S/C21H37NO4S/c1-6-10-17(11-7-2)18-12-9-13-19(16-18)20(23)14-15-21(8-3,22(4)5)27(24,25)26/h9,12-13,16-17,20,23H,6-8,10-11,14-15H2,1-5H3,(H,24,25,26). The molecule has 27 heavy (non-hydrogen) atoms. The number of hydrogen-bond donors (Lipinski definition) is 2. The van der Waals surface area contributed by atoms with Gasteiger partial charge in [-0.25, -0.2) is 8.42 Å². The quantitative estimate of drug-likeness (QED) is 0.530. The SMILES string of the molecule is CCCC(CCC)c1cccc(C(O)CCC(CC)([NH+](C)C)S(=O)(=O)[O-])c1. The van der Waals surface area contributed by atoms with E-state index in [0.29, 0.717) is 10.8 Å². The van der Waals surface area contributed by atoms with Crippen LogP contribution in [-0.4, -0.2) is 37.0 Å². The monoisotopic (exact) mass is 399 g/mol. The summed E-state index contributed by atoms with van der Waals surface area (Å²) in [6.45, 7) is 6.08. The third-order valence-corrected chi connectivity index (χ3v) is 7.68. The summed E-state index contributed by atoms with van der Waals surface area (Å²) in [5.41, 5.74) is 2.03. The Kier molecular flexibility index (Phi) is 9.42. The Labute approximate surface area is 165 Å². The highest BCUT2D eigenvalue weighted by molar-refractivity contribution is 7.86. The summed E-state index contributed by atoms with van der Waals surface area (Å²) in [5.74, 6) is 0.482. The van der Waals surface area contributed by atoms with Crippen molar-refractivity contribution in [2.75, 3.05) is 14.1 Å². The fourth-order valence-corrected chi connectivity index (χ4v) is 5.28. The van der Waals surface area contributed by atoms with Crippen molar-refractivity contribution in [1.29, 1.82) is 0 Å². The summed E-state index contributed by atoms with van der Waals surface area (Å²) >= 11 is 0. The van der Waals surface area contributed by atoms with Crippen molar-refractivity contribution in [3.63, 3.8) is 0 Å². The van der Waals surface area contributed by atoms with E-state index in [0.717, 1.165) is 31.2 Å². The van der Waals surface area contributed by atoms with Crippen LogP contribution in [0.15, 0.2) is 24.3 Å². The van der Waals surface area contributed by atoms with E-state index in [1.54, 1.807) is 21.0 Å². The maximum Gasteiger partial charge on any atom is 0.186 e. The molecule has 0 bridgehead atoms. The second-order valence-corrected chi connectivity index (χ2v) is 9.49. The Bertz CT molecular complexity index is 669. The van der Waals surface area contributed by atoms with E-state index in [4.69, 9.17) is 0 Å². The number of benzene rings is 1. The first kappa shape index (κ1) is 24.1. The van der Waals surface area contributed by atoms with E-state index in [-0.39, 0.29) is 19.3 Å². The summed E-state index contributed by atoms with van der Waals surface area (Å²) < 4.78 is 35.7. The molecule has 0 aliphatic heterocycles. The zero-order valence-electron chi connectivity index (χ0n) is 17.5. The van der Waals surface area contributed by atoms with Crippen LogP contribution in [0.4, 0.5) is 0 Å². The minimum absolute atomic E-state index is 0.135. The Morgan fingerprint density at radius 2 is 1.63 bits per heavy atom. The van der Waals surface area contributed by atoms with Crippen molar-refractivity contribution in [2.45, 2.75) is 82.6 Å². The maximum atomic E-state index is 11.9. The molecule has 0 heterocycles. The molecule has 156 valence electrons. The fraction of sp³-hybridized carbons (Fsp3) is 0.714. The van der Waals surface area contributed by atoms with Gasteiger partial charge in [-0.05, 0) is 36.3 Å². The molecule has 2 unspecified atom stereocenters. The molecule has 6 heteroatoms. The lowest BCUT2D eigenvalue weighted by molar-refractivity contribution is -0.899. The van der Waals surface area contributed by atoms with E-state index in [1.807, 2.05) is 18.2 Å². The third-order valence-electron chi connectivity index (χ3n) is 5.82. The molecule has 1 aromatic carbocycles. The molecule has 1 rings (SSSR count). The molecule has 0 amide bonds. The van der Waals surface area contributed by atoms with E-state index in [9.17, 15) is 18.1 Å². The predicted molar refractivity (Wildman–Crippen MR) is 109 cm³/mol. The smallest absolute Gasteiger partial charge is 0.186 e. The van der Waals surface area contributed by atoms with Gasteiger partial charge in [0.25, 0.3) is 0 Å². The van der Waals surface area contributed by atoms with E-state index < -0.39 is 21.1 Å². The zero-order valence-corrected chi connectivity index (χ0v) is 18.3. The highest BCUT2D eigenvalue weighted by atomic mass is 32.2. The van der Waals surface area contributed by atoms with Gasteiger partial charge in [0.05, 0.1) is 20.2 Å². The predicted octanol–water partition coefficient (Wildman–Crippen LogP) is 2.98. The topological polar surface area (TPSA) is 81.9 Å². The molecule has 1 aromatic rings. The van der Waals surface area contributed by atoms with Crippen LogP contribution in [0.2, 0.25) is 0 Å². The lowest BCUT2D eigenvalue weighted by Crippen LogP contribution is -3.16. The molecule has 2 N–H and O–H groups in total. The Morgan fingerprint density at radius 1 is 1.07 bits per heavy atom. The summed E-state index contributed by atoms with van der Waals surface area (Å²) in [6.07, 6.45) is 4.29.